The largest absolute Gasteiger partial charge is 0.505 e. The average Bonchev–Trinajstić information content (AvgIpc) is 2.73. The maximum atomic E-state index is 12.8. The number of fused-ring (bicyclic) bond motifs is 1. The molecule has 2 heterocycles. The van der Waals surface area contributed by atoms with Crippen LogP contribution >= 0.6 is 0 Å². The quantitative estimate of drug-likeness (QED) is 0.475. The summed E-state index contributed by atoms with van der Waals surface area (Å²) in [4.78, 5) is 8.60. The molecule has 0 aliphatic heterocycles. The fourth-order valence-electron chi connectivity index (χ4n) is 3.16. The predicted octanol–water partition coefficient (Wildman–Crippen LogP) is 5.56. The molecule has 0 radical (unpaired) electrons. The fourth-order valence-corrected chi connectivity index (χ4v) is 3.16. The number of hydrogen-bond acceptors (Lipinski definition) is 4. The van der Waals surface area contributed by atoms with Crippen LogP contribution in [0.15, 0.2) is 79.1 Å². The zero-order chi connectivity index (χ0) is 20.4. The molecule has 0 spiro atoms. The number of rotatable bonds is 4. The van der Waals surface area contributed by atoms with E-state index in [1.165, 1.54) is 12.1 Å². The third kappa shape index (κ3) is 3.85. The number of benzene rings is 2. The molecule has 0 saturated heterocycles. The van der Waals surface area contributed by atoms with Crippen LogP contribution in [0.3, 0.4) is 0 Å². The molecule has 1 atom stereocenters. The Labute approximate surface area is 164 Å². The Morgan fingerprint density at radius 3 is 2.28 bits per heavy atom. The minimum atomic E-state index is -4.40. The van der Waals surface area contributed by atoms with Crippen molar-refractivity contribution >= 4 is 16.6 Å². The Morgan fingerprint density at radius 1 is 0.828 bits per heavy atom. The van der Waals surface area contributed by atoms with Crippen molar-refractivity contribution in [3.63, 3.8) is 0 Å². The van der Waals surface area contributed by atoms with Gasteiger partial charge in [0.1, 0.15) is 11.3 Å². The van der Waals surface area contributed by atoms with Crippen molar-refractivity contribution in [1.82, 2.24) is 9.97 Å². The van der Waals surface area contributed by atoms with Gasteiger partial charge < -0.3 is 10.4 Å². The molecule has 0 aliphatic rings. The number of anilines is 1. The lowest BCUT2D eigenvalue weighted by Crippen LogP contribution is -2.14. The number of aromatic hydroxyl groups is 1. The van der Waals surface area contributed by atoms with Crippen LogP contribution in [0, 0.1) is 0 Å². The molecule has 29 heavy (non-hydrogen) atoms. The zero-order valence-electron chi connectivity index (χ0n) is 15.1. The van der Waals surface area contributed by atoms with Crippen molar-refractivity contribution in [3.05, 3.63) is 95.9 Å². The van der Waals surface area contributed by atoms with Crippen LogP contribution in [0.25, 0.3) is 10.9 Å². The Balaban J connectivity index is 1.77. The van der Waals surface area contributed by atoms with E-state index in [2.05, 4.69) is 15.3 Å². The molecule has 2 aromatic carbocycles. The van der Waals surface area contributed by atoms with E-state index in [0.717, 1.165) is 17.5 Å². The summed E-state index contributed by atoms with van der Waals surface area (Å²) in [5.74, 6) is -0.00170. The van der Waals surface area contributed by atoms with E-state index in [4.69, 9.17) is 0 Å². The summed E-state index contributed by atoms with van der Waals surface area (Å²) in [5.41, 5.74) is 1.32. The van der Waals surface area contributed by atoms with Gasteiger partial charge in [-0.2, -0.15) is 13.2 Å². The van der Waals surface area contributed by atoms with Crippen molar-refractivity contribution in [2.45, 2.75) is 12.2 Å². The first kappa shape index (κ1) is 18.7. The third-order valence-electron chi connectivity index (χ3n) is 4.60. The van der Waals surface area contributed by atoms with Gasteiger partial charge in [-0.15, -0.1) is 0 Å². The number of halogens is 3. The van der Waals surface area contributed by atoms with Gasteiger partial charge in [0.05, 0.1) is 17.3 Å². The molecule has 0 aliphatic carbocycles. The minimum Gasteiger partial charge on any atom is -0.505 e. The third-order valence-corrected chi connectivity index (χ3v) is 4.60. The predicted molar refractivity (Wildman–Crippen MR) is 105 cm³/mol. The van der Waals surface area contributed by atoms with E-state index in [0.29, 0.717) is 22.5 Å². The number of alkyl halides is 3. The second-order valence-corrected chi connectivity index (χ2v) is 6.49. The number of nitrogens with zero attached hydrogens (tertiary/aromatic N) is 2. The topological polar surface area (TPSA) is 58.0 Å². The Bertz CT molecular complexity index is 1130. The first-order chi connectivity index (χ1) is 13.9. The molecule has 0 fully saturated rings. The van der Waals surface area contributed by atoms with Crippen molar-refractivity contribution in [1.29, 1.82) is 0 Å². The lowest BCUT2D eigenvalue weighted by molar-refractivity contribution is -0.137. The molecule has 4 rings (SSSR count). The molecular formula is C22H16F3N3O. The molecule has 4 aromatic rings. The van der Waals surface area contributed by atoms with E-state index in [9.17, 15) is 18.3 Å². The summed E-state index contributed by atoms with van der Waals surface area (Å²) in [7, 11) is 0. The Morgan fingerprint density at radius 2 is 1.59 bits per heavy atom. The fraction of sp³-hybridized carbons (Fsp3) is 0.0909. The monoisotopic (exact) mass is 395 g/mol. The smallest absolute Gasteiger partial charge is 0.416 e. The van der Waals surface area contributed by atoms with Crippen LogP contribution in [0.1, 0.15) is 22.9 Å². The first-order valence-corrected chi connectivity index (χ1v) is 8.85. The van der Waals surface area contributed by atoms with Crippen LogP contribution in [-0.2, 0) is 6.18 Å². The molecular weight excluding hydrogens is 379 g/mol. The van der Waals surface area contributed by atoms with Crippen LogP contribution in [-0.4, -0.2) is 15.1 Å². The van der Waals surface area contributed by atoms with Crippen molar-refractivity contribution in [3.8, 4) is 5.75 Å². The Kier molecular flexibility index (Phi) is 4.80. The van der Waals surface area contributed by atoms with Gasteiger partial charge in [-0.05, 0) is 42.5 Å². The molecule has 0 amide bonds. The van der Waals surface area contributed by atoms with Crippen LogP contribution in [0.2, 0.25) is 0 Å². The maximum absolute atomic E-state index is 12.8. The first-order valence-electron chi connectivity index (χ1n) is 8.85. The van der Waals surface area contributed by atoms with Crippen molar-refractivity contribution < 1.29 is 18.3 Å². The van der Waals surface area contributed by atoms with Gasteiger partial charge in [0.15, 0.2) is 0 Å². The molecule has 0 saturated carbocycles. The van der Waals surface area contributed by atoms with E-state index in [-0.39, 0.29) is 5.75 Å². The lowest BCUT2D eigenvalue weighted by atomic mass is 9.99. The average molecular weight is 395 g/mol. The second-order valence-electron chi connectivity index (χ2n) is 6.49. The number of phenolic OH excluding ortho intramolecular Hbond substituents is 1. The van der Waals surface area contributed by atoms with E-state index in [1.54, 1.807) is 42.7 Å². The molecule has 2 N–H and O–H groups in total. The minimum absolute atomic E-state index is 0.00170. The molecule has 0 bridgehead atoms. The van der Waals surface area contributed by atoms with E-state index in [1.807, 2.05) is 12.1 Å². The van der Waals surface area contributed by atoms with Gasteiger partial charge in [-0.25, -0.2) is 0 Å². The number of pyridine rings is 2. The number of phenols is 1. The Hall–Kier alpha value is -3.61. The number of nitrogens with one attached hydrogen (secondary N) is 1. The van der Waals surface area contributed by atoms with Crippen LogP contribution in [0.5, 0.6) is 5.75 Å². The van der Waals surface area contributed by atoms with Crippen LogP contribution < -0.4 is 5.32 Å². The van der Waals surface area contributed by atoms with E-state index >= 15 is 0 Å². The summed E-state index contributed by atoms with van der Waals surface area (Å²) < 4.78 is 38.5. The lowest BCUT2D eigenvalue weighted by Gasteiger charge is -2.22. The molecule has 146 valence electrons. The zero-order valence-corrected chi connectivity index (χ0v) is 15.1. The summed E-state index contributed by atoms with van der Waals surface area (Å²) in [6.45, 7) is 0. The van der Waals surface area contributed by atoms with Gasteiger partial charge in [-0.3, -0.25) is 9.97 Å². The highest BCUT2D eigenvalue weighted by Crippen LogP contribution is 2.36. The van der Waals surface area contributed by atoms with Gasteiger partial charge in [0, 0.05) is 29.0 Å². The normalized spacial score (nSPS) is 12.7. The molecule has 7 heteroatoms. The highest BCUT2D eigenvalue weighted by atomic mass is 19.4. The van der Waals surface area contributed by atoms with Gasteiger partial charge in [0.2, 0.25) is 0 Å². The van der Waals surface area contributed by atoms with Gasteiger partial charge in [-0.1, -0.05) is 24.3 Å². The maximum Gasteiger partial charge on any atom is 0.416 e. The van der Waals surface area contributed by atoms with Gasteiger partial charge >= 0.3 is 6.18 Å². The highest BCUT2D eigenvalue weighted by Gasteiger charge is 2.30. The van der Waals surface area contributed by atoms with E-state index < -0.39 is 17.8 Å². The number of aromatic nitrogens is 2. The van der Waals surface area contributed by atoms with Crippen LogP contribution in [0.4, 0.5) is 18.9 Å². The SMILES string of the molecule is Oc1c([C@@H](Nc2ccc(C(F)(F)F)cc2)c2ccccn2)ccc2cccnc12. The summed E-state index contributed by atoms with van der Waals surface area (Å²) >= 11 is 0. The van der Waals surface area contributed by atoms with Gasteiger partial charge in [0.25, 0.3) is 0 Å². The summed E-state index contributed by atoms with van der Waals surface area (Å²) in [5, 5.41) is 14.8. The number of hydrogen-bond donors (Lipinski definition) is 2. The van der Waals surface area contributed by atoms with Crippen molar-refractivity contribution in [2.75, 3.05) is 5.32 Å². The second kappa shape index (κ2) is 7.43. The molecule has 0 unspecified atom stereocenters. The summed E-state index contributed by atoms with van der Waals surface area (Å²) in [6, 6.07) is 16.7. The highest BCUT2D eigenvalue weighted by molar-refractivity contribution is 5.85. The molecule has 4 nitrogen and oxygen atoms in total. The molecule has 2 aromatic heterocycles. The summed E-state index contributed by atoms with van der Waals surface area (Å²) in [6.07, 6.45) is -1.20. The standard InChI is InChI=1S/C22H16F3N3O/c23-22(24,25)15-7-9-16(10-8-15)28-20(18-5-1-2-12-26-18)17-11-6-14-4-3-13-27-19(14)21(17)29/h1-13,20,28-29H/t20-/m1/s1. The van der Waals surface area contributed by atoms with Crippen molar-refractivity contribution in [2.24, 2.45) is 0 Å².